The number of anilines is 1. The molecule has 11 heteroatoms. The van der Waals surface area contributed by atoms with Crippen LogP contribution in [0.2, 0.25) is 0 Å². The second-order valence-electron chi connectivity index (χ2n) is 3.43. The van der Waals surface area contributed by atoms with Gasteiger partial charge in [-0.2, -0.15) is 0 Å². The summed E-state index contributed by atoms with van der Waals surface area (Å²) in [5.74, 6) is -0.741. The fraction of sp³-hybridized carbons (Fsp3) is 0.250. The molecule has 0 aliphatic heterocycles. The first-order valence-corrected chi connectivity index (χ1v) is 6.42. The van der Waals surface area contributed by atoms with Crippen LogP contribution in [-0.4, -0.2) is 35.7 Å². The normalized spacial score (nSPS) is 11.2. The number of hydrogen-bond donors (Lipinski definition) is 2. The molecular formula is C8H9N3O7S. The summed E-state index contributed by atoms with van der Waals surface area (Å²) in [6.45, 7) is -0.738. The lowest BCUT2D eigenvalue weighted by Gasteiger charge is -2.06. The number of non-ortho nitro benzene ring substituents is 1. The van der Waals surface area contributed by atoms with Gasteiger partial charge >= 0.3 is 0 Å². The Balaban J connectivity index is 3.64. The number of hydrogen-bond acceptors (Lipinski definition) is 8. The number of benzene rings is 1. The summed E-state index contributed by atoms with van der Waals surface area (Å²) in [6.07, 6.45) is 0. The van der Waals surface area contributed by atoms with Crippen molar-refractivity contribution in [3.63, 3.8) is 0 Å². The summed E-state index contributed by atoms with van der Waals surface area (Å²) in [5.41, 5.74) is 3.02. The SMILES string of the molecule is Nc1c([N+](=O)[O-])cc([N+](=O)[O-])cc1S(=O)(=O)CCO. The molecule has 0 amide bonds. The molecule has 104 valence electrons. The maximum Gasteiger partial charge on any atom is 0.300 e. The molecule has 0 aliphatic rings. The molecule has 0 unspecified atom stereocenters. The van der Waals surface area contributed by atoms with E-state index in [0.29, 0.717) is 12.1 Å². The Bertz CT molecular complexity index is 640. The third-order valence-corrected chi connectivity index (χ3v) is 3.94. The second-order valence-corrected chi connectivity index (χ2v) is 5.51. The largest absolute Gasteiger partial charge is 0.395 e. The minimum Gasteiger partial charge on any atom is -0.395 e. The maximum absolute atomic E-state index is 11.7. The number of nitrogen functional groups attached to an aromatic ring is 1. The van der Waals surface area contributed by atoms with Gasteiger partial charge in [-0.15, -0.1) is 0 Å². The Labute approximate surface area is 106 Å². The number of aliphatic hydroxyl groups is 1. The number of aliphatic hydroxyl groups excluding tert-OH is 1. The van der Waals surface area contributed by atoms with Gasteiger partial charge in [0.2, 0.25) is 0 Å². The lowest BCUT2D eigenvalue weighted by atomic mass is 10.2. The average Bonchev–Trinajstić information content (AvgIpc) is 2.27. The van der Waals surface area contributed by atoms with Gasteiger partial charge in [-0.25, -0.2) is 8.42 Å². The van der Waals surface area contributed by atoms with Crippen molar-refractivity contribution in [2.24, 2.45) is 0 Å². The van der Waals surface area contributed by atoms with E-state index < -0.39 is 54.0 Å². The van der Waals surface area contributed by atoms with Crippen molar-refractivity contribution in [3.05, 3.63) is 32.4 Å². The summed E-state index contributed by atoms with van der Waals surface area (Å²) < 4.78 is 23.4. The smallest absolute Gasteiger partial charge is 0.300 e. The van der Waals surface area contributed by atoms with Gasteiger partial charge in [-0.05, 0) is 0 Å². The quantitative estimate of drug-likeness (QED) is 0.429. The summed E-state index contributed by atoms with van der Waals surface area (Å²) in [6, 6.07) is 1.21. The predicted molar refractivity (Wildman–Crippen MR) is 63.3 cm³/mol. The Morgan fingerprint density at radius 3 is 2.21 bits per heavy atom. The molecule has 0 bridgehead atoms. The summed E-state index contributed by atoms with van der Waals surface area (Å²) >= 11 is 0. The van der Waals surface area contributed by atoms with E-state index in [2.05, 4.69) is 0 Å². The van der Waals surface area contributed by atoms with Crippen LogP contribution in [0.5, 0.6) is 0 Å². The van der Waals surface area contributed by atoms with E-state index in [4.69, 9.17) is 10.8 Å². The van der Waals surface area contributed by atoms with Gasteiger partial charge in [0.25, 0.3) is 11.4 Å². The topological polar surface area (TPSA) is 167 Å². The van der Waals surface area contributed by atoms with Crippen molar-refractivity contribution in [3.8, 4) is 0 Å². The predicted octanol–water partition coefficient (Wildman–Crippen LogP) is -0.149. The Hall–Kier alpha value is -2.27. The highest BCUT2D eigenvalue weighted by Crippen LogP contribution is 2.34. The zero-order chi connectivity index (χ0) is 14.8. The van der Waals surface area contributed by atoms with Crippen molar-refractivity contribution < 1.29 is 23.4 Å². The fourth-order valence-corrected chi connectivity index (χ4v) is 2.54. The molecule has 0 fully saturated rings. The Kier molecular flexibility index (Phi) is 4.01. The van der Waals surface area contributed by atoms with Crippen LogP contribution < -0.4 is 5.73 Å². The van der Waals surface area contributed by atoms with Gasteiger partial charge < -0.3 is 10.8 Å². The minimum atomic E-state index is -4.14. The first kappa shape index (κ1) is 14.8. The highest BCUT2D eigenvalue weighted by atomic mass is 32.2. The molecular weight excluding hydrogens is 282 g/mol. The second kappa shape index (κ2) is 5.16. The van der Waals surface area contributed by atoms with Gasteiger partial charge in [-0.1, -0.05) is 0 Å². The van der Waals surface area contributed by atoms with Gasteiger partial charge in [-0.3, -0.25) is 20.2 Å². The number of sulfone groups is 1. The molecule has 10 nitrogen and oxygen atoms in total. The monoisotopic (exact) mass is 291 g/mol. The number of nitrogens with zero attached hydrogens (tertiary/aromatic N) is 2. The van der Waals surface area contributed by atoms with Gasteiger partial charge in [0, 0.05) is 6.07 Å². The van der Waals surface area contributed by atoms with Crippen LogP contribution in [0.3, 0.4) is 0 Å². The number of nitrogens with two attached hydrogens (primary N) is 1. The first-order valence-electron chi connectivity index (χ1n) is 4.76. The number of rotatable bonds is 5. The van der Waals surface area contributed by atoms with Crippen LogP contribution in [0.4, 0.5) is 17.1 Å². The van der Waals surface area contributed by atoms with Crippen LogP contribution >= 0.6 is 0 Å². The standard InChI is InChI=1S/C8H9N3O7S/c9-8-6(11(15)16)3-5(10(13)14)4-7(8)19(17,18)2-1-12/h3-4,12H,1-2,9H2. The van der Waals surface area contributed by atoms with Crippen molar-refractivity contribution in [1.29, 1.82) is 0 Å². The van der Waals surface area contributed by atoms with Gasteiger partial charge in [0.1, 0.15) is 10.6 Å². The molecule has 3 N–H and O–H groups in total. The summed E-state index contributed by atoms with van der Waals surface area (Å²) in [5, 5.41) is 29.9. The summed E-state index contributed by atoms with van der Waals surface area (Å²) in [7, 11) is -4.14. The van der Waals surface area contributed by atoms with E-state index in [-0.39, 0.29) is 0 Å². The molecule has 0 saturated carbocycles. The molecule has 0 spiro atoms. The Morgan fingerprint density at radius 1 is 1.21 bits per heavy atom. The van der Waals surface area contributed by atoms with Crippen LogP contribution in [0.15, 0.2) is 17.0 Å². The molecule has 0 atom stereocenters. The lowest BCUT2D eigenvalue weighted by Crippen LogP contribution is -2.13. The molecule has 0 radical (unpaired) electrons. The maximum atomic E-state index is 11.7. The zero-order valence-electron chi connectivity index (χ0n) is 9.35. The molecule has 1 rings (SSSR count). The van der Waals surface area contributed by atoms with Crippen LogP contribution in [0, 0.1) is 20.2 Å². The molecule has 0 saturated heterocycles. The van der Waals surface area contributed by atoms with Gasteiger partial charge in [0.05, 0.1) is 28.3 Å². The van der Waals surface area contributed by atoms with Crippen molar-refractivity contribution in [2.45, 2.75) is 4.90 Å². The molecule has 0 aliphatic carbocycles. The van der Waals surface area contributed by atoms with Gasteiger partial charge in [0.15, 0.2) is 9.84 Å². The van der Waals surface area contributed by atoms with Crippen LogP contribution in [-0.2, 0) is 9.84 Å². The lowest BCUT2D eigenvalue weighted by molar-refractivity contribution is -0.393. The number of nitro benzene ring substituents is 2. The van der Waals surface area contributed by atoms with Crippen LogP contribution in [0.1, 0.15) is 0 Å². The third kappa shape index (κ3) is 2.95. The summed E-state index contributed by atoms with van der Waals surface area (Å²) in [4.78, 5) is 18.6. The van der Waals surface area contributed by atoms with Crippen LogP contribution in [0.25, 0.3) is 0 Å². The highest BCUT2D eigenvalue weighted by Gasteiger charge is 2.28. The van der Waals surface area contributed by atoms with E-state index in [0.717, 1.165) is 0 Å². The molecule has 0 heterocycles. The van der Waals surface area contributed by atoms with Crippen molar-refractivity contribution >= 4 is 26.9 Å². The minimum absolute atomic E-state index is 0.577. The average molecular weight is 291 g/mol. The third-order valence-electron chi connectivity index (χ3n) is 2.21. The van der Waals surface area contributed by atoms with Crippen molar-refractivity contribution in [2.75, 3.05) is 18.1 Å². The van der Waals surface area contributed by atoms with E-state index in [1.54, 1.807) is 0 Å². The van der Waals surface area contributed by atoms with Crippen molar-refractivity contribution in [1.82, 2.24) is 0 Å². The van der Waals surface area contributed by atoms with E-state index in [1.807, 2.05) is 0 Å². The molecule has 19 heavy (non-hydrogen) atoms. The van der Waals surface area contributed by atoms with E-state index in [9.17, 15) is 28.6 Å². The van der Waals surface area contributed by atoms with E-state index >= 15 is 0 Å². The zero-order valence-corrected chi connectivity index (χ0v) is 10.2. The molecule has 1 aromatic carbocycles. The Morgan fingerprint density at radius 2 is 1.79 bits per heavy atom. The highest BCUT2D eigenvalue weighted by molar-refractivity contribution is 7.91. The molecule has 1 aromatic rings. The van der Waals surface area contributed by atoms with E-state index in [1.165, 1.54) is 0 Å². The number of nitro groups is 2. The fourth-order valence-electron chi connectivity index (χ4n) is 1.34. The molecule has 0 aromatic heterocycles. The first-order chi connectivity index (χ1) is 8.70.